The molecule has 0 aliphatic carbocycles. The maximum absolute atomic E-state index is 11.5. The molecule has 0 heterocycles. The lowest BCUT2D eigenvalue weighted by Gasteiger charge is -2.20. The zero-order chi connectivity index (χ0) is 18.5. The van der Waals surface area contributed by atoms with E-state index in [2.05, 4.69) is 6.92 Å². The molecule has 3 heteroatoms. The lowest BCUT2D eigenvalue weighted by molar-refractivity contribution is 0.0694. The van der Waals surface area contributed by atoms with E-state index in [1.165, 1.54) is 38.5 Å². The van der Waals surface area contributed by atoms with Crippen molar-refractivity contribution in [1.29, 1.82) is 0 Å². The maximum atomic E-state index is 11.5. The summed E-state index contributed by atoms with van der Waals surface area (Å²) < 4.78 is 0. The van der Waals surface area contributed by atoms with Crippen LogP contribution in [0.5, 0.6) is 0 Å². The van der Waals surface area contributed by atoms with Crippen molar-refractivity contribution in [2.75, 3.05) is 0 Å². The molecule has 0 aliphatic rings. The largest absolute Gasteiger partial charge is 0.478 e. The molecule has 1 aromatic carbocycles. The highest BCUT2D eigenvalue weighted by atomic mass is 16.4. The summed E-state index contributed by atoms with van der Waals surface area (Å²) in [7, 11) is 0. The first-order valence-electron chi connectivity index (χ1n) is 10.1. The summed E-state index contributed by atoms with van der Waals surface area (Å²) in [5.41, 5.74) is 1.40. The Hall–Kier alpha value is -1.35. The summed E-state index contributed by atoms with van der Waals surface area (Å²) in [6, 6.07) is 7.42. The highest BCUT2D eigenvalue weighted by Gasteiger charge is 2.18. The van der Waals surface area contributed by atoms with Gasteiger partial charge in [0.05, 0.1) is 11.7 Å². The predicted octanol–water partition coefficient (Wildman–Crippen LogP) is 6.16. The van der Waals surface area contributed by atoms with Crippen molar-refractivity contribution in [2.24, 2.45) is 0 Å². The molecule has 0 saturated heterocycles. The van der Waals surface area contributed by atoms with Gasteiger partial charge in [-0.15, -0.1) is 0 Å². The number of carboxylic acid groups (broad SMARTS) is 1. The van der Waals surface area contributed by atoms with Crippen molar-refractivity contribution in [3.05, 3.63) is 35.4 Å². The van der Waals surface area contributed by atoms with Gasteiger partial charge in [-0.3, -0.25) is 0 Å². The Labute approximate surface area is 153 Å². The minimum Gasteiger partial charge on any atom is -0.478 e. The van der Waals surface area contributed by atoms with Crippen molar-refractivity contribution < 1.29 is 15.0 Å². The van der Waals surface area contributed by atoms with Crippen LogP contribution in [0.1, 0.15) is 106 Å². The molecule has 2 atom stereocenters. The number of unbranched alkanes of at least 4 members (excludes halogenated alkanes) is 6. The van der Waals surface area contributed by atoms with Crippen LogP contribution in [-0.2, 0) is 0 Å². The summed E-state index contributed by atoms with van der Waals surface area (Å²) in [4.78, 5) is 11.5. The summed E-state index contributed by atoms with van der Waals surface area (Å²) in [5, 5.41) is 19.0. The third kappa shape index (κ3) is 9.06. The van der Waals surface area contributed by atoms with Gasteiger partial charge in [0.2, 0.25) is 0 Å². The minimum atomic E-state index is -0.837. The molecule has 0 spiro atoms. The van der Waals surface area contributed by atoms with Gasteiger partial charge in [0.15, 0.2) is 0 Å². The predicted molar refractivity (Wildman–Crippen MR) is 104 cm³/mol. The molecule has 142 valence electrons. The number of aliphatic hydroxyl groups excluding tert-OH is 1. The van der Waals surface area contributed by atoms with Crippen molar-refractivity contribution in [1.82, 2.24) is 0 Å². The van der Waals surface area contributed by atoms with Gasteiger partial charge in [-0.2, -0.15) is 0 Å². The molecular formula is C22H36O3. The van der Waals surface area contributed by atoms with Crippen LogP contribution in [0, 0.1) is 0 Å². The average molecular weight is 349 g/mol. The molecule has 0 fully saturated rings. The lowest BCUT2D eigenvalue weighted by Crippen LogP contribution is -2.09. The Morgan fingerprint density at radius 3 is 2.16 bits per heavy atom. The lowest BCUT2D eigenvalue weighted by atomic mass is 9.85. The van der Waals surface area contributed by atoms with E-state index in [0.717, 1.165) is 37.7 Å². The van der Waals surface area contributed by atoms with Gasteiger partial charge in [-0.1, -0.05) is 76.5 Å². The van der Waals surface area contributed by atoms with Crippen molar-refractivity contribution in [2.45, 2.75) is 96.5 Å². The Morgan fingerprint density at radius 1 is 0.920 bits per heavy atom. The van der Waals surface area contributed by atoms with E-state index in [1.807, 2.05) is 19.1 Å². The number of hydrogen-bond donors (Lipinski definition) is 2. The molecule has 0 radical (unpaired) electrons. The molecule has 0 bridgehead atoms. The van der Waals surface area contributed by atoms with Gasteiger partial charge in [-0.25, -0.2) is 4.79 Å². The summed E-state index contributed by atoms with van der Waals surface area (Å²) in [6.07, 6.45) is 12.3. The first kappa shape index (κ1) is 21.7. The molecule has 0 amide bonds. The summed E-state index contributed by atoms with van der Waals surface area (Å²) >= 11 is 0. The van der Waals surface area contributed by atoms with Gasteiger partial charge in [-0.05, 0) is 43.7 Å². The number of carbonyl (C=O) groups is 1. The fourth-order valence-corrected chi connectivity index (χ4v) is 3.51. The SMILES string of the molecule is CCCCCCCCCC(CCCC(C)O)c1ccccc1C(=O)O. The quantitative estimate of drug-likeness (QED) is 0.396. The molecule has 1 aromatic rings. The standard InChI is InChI=1S/C22H36O3/c1-3-4-5-6-7-8-9-14-19(15-12-13-18(2)23)20-16-10-11-17-21(20)22(24)25/h10-11,16-19,23H,3-9,12-15H2,1-2H3,(H,24,25). The van der Waals surface area contributed by atoms with Crippen molar-refractivity contribution in [3.63, 3.8) is 0 Å². The fourth-order valence-electron chi connectivity index (χ4n) is 3.51. The van der Waals surface area contributed by atoms with Crippen LogP contribution < -0.4 is 0 Å². The van der Waals surface area contributed by atoms with Crippen LogP contribution in [0.2, 0.25) is 0 Å². The van der Waals surface area contributed by atoms with E-state index in [4.69, 9.17) is 0 Å². The Kier molecular flexibility index (Phi) is 11.2. The smallest absolute Gasteiger partial charge is 0.335 e. The van der Waals surface area contributed by atoms with Crippen LogP contribution in [0.3, 0.4) is 0 Å². The monoisotopic (exact) mass is 348 g/mol. The van der Waals surface area contributed by atoms with Crippen LogP contribution in [0.25, 0.3) is 0 Å². The van der Waals surface area contributed by atoms with Crippen LogP contribution in [0.15, 0.2) is 24.3 Å². The molecule has 0 aliphatic heterocycles. The molecule has 0 aromatic heterocycles. The van der Waals surface area contributed by atoms with E-state index >= 15 is 0 Å². The number of carboxylic acids is 1. The van der Waals surface area contributed by atoms with E-state index in [1.54, 1.807) is 12.1 Å². The van der Waals surface area contributed by atoms with Gasteiger partial charge in [0.25, 0.3) is 0 Å². The maximum Gasteiger partial charge on any atom is 0.335 e. The number of hydrogen-bond acceptors (Lipinski definition) is 2. The van der Waals surface area contributed by atoms with Crippen LogP contribution in [0.4, 0.5) is 0 Å². The highest BCUT2D eigenvalue weighted by molar-refractivity contribution is 5.89. The zero-order valence-corrected chi connectivity index (χ0v) is 16.0. The molecule has 1 rings (SSSR count). The Balaban J connectivity index is 2.59. The second-order valence-electron chi connectivity index (χ2n) is 7.28. The first-order chi connectivity index (χ1) is 12.1. The first-order valence-corrected chi connectivity index (χ1v) is 10.1. The Morgan fingerprint density at radius 2 is 1.52 bits per heavy atom. The topological polar surface area (TPSA) is 57.5 Å². The van der Waals surface area contributed by atoms with E-state index in [9.17, 15) is 15.0 Å². The van der Waals surface area contributed by atoms with Gasteiger partial charge in [0, 0.05) is 0 Å². The van der Waals surface area contributed by atoms with E-state index in [0.29, 0.717) is 5.56 Å². The highest BCUT2D eigenvalue weighted by Crippen LogP contribution is 2.31. The molecular weight excluding hydrogens is 312 g/mol. The molecule has 3 nitrogen and oxygen atoms in total. The number of aliphatic hydroxyl groups is 1. The van der Waals surface area contributed by atoms with Crippen molar-refractivity contribution >= 4 is 5.97 Å². The molecule has 0 saturated carbocycles. The average Bonchev–Trinajstić information content (AvgIpc) is 2.59. The van der Waals surface area contributed by atoms with E-state index in [-0.39, 0.29) is 12.0 Å². The molecule has 2 N–H and O–H groups in total. The second kappa shape index (κ2) is 12.9. The fraction of sp³-hybridized carbons (Fsp3) is 0.682. The summed E-state index contributed by atoms with van der Waals surface area (Å²) in [5.74, 6) is -0.558. The number of benzene rings is 1. The van der Waals surface area contributed by atoms with Crippen LogP contribution >= 0.6 is 0 Å². The van der Waals surface area contributed by atoms with Gasteiger partial charge < -0.3 is 10.2 Å². The summed E-state index contributed by atoms with van der Waals surface area (Å²) in [6.45, 7) is 4.05. The second-order valence-corrected chi connectivity index (χ2v) is 7.28. The molecule has 25 heavy (non-hydrogen) atoms. The third-order valence-electron chi connectivity index (χ3n) is 4.96. The van der Waals surface area contributed by atoms with Crippen molar-refractivity contribution in [3.8, 4) is 0 Å². The normalized spacial score (nSPS) is 13.6. The van der Waals surface area contributed by atoms with Gasteiger partial charge >= 0.3 is 5.97 Å². The molecule has 2 unspecified atom stereocenters. The zero-order valence-electron chi connectivity index (χ0n) is 16.0. The van der Waals surface area contributed by atoms with Gasteiger partial charge in [0.1, 0.15) is 0 Å². The Bertz CT molecular complexity index is 482. The van der Waals surface area contributed by atoms with Crippen LogP contribution in [-0.4, -0.2) is 22.3 Å². The number of aromatic carboxylic acids is 1. The third-order valence-corrected chi connectivity index (χ3v) is 4.96. The van der Waals surface area contributed by atoms with E-state index < -0.39 is 5.97 Å². The number of rotatable bonds is 14. The minimum absolute atomic E-state index is 0.279.